The molecule has 2 unspecified atom stereocenters. The molecule has 2 aromatic heterocycles. The minimum absolute atomic E-state index is 0.0296. The minimum atomic E-state index is -0.0406. The second-order valence-corrected chi connectivity index (χ2v) is 6.30. The molecule has 0 spiro atoms. The van der Waals surface area contributed by atoms with Crippen LogP contribution in [-0.4, -0.2) is 45.7 Å². The van der Waals surface area contributed by atoms with Gasteiger partial charge in [0.15, 0.2) is 0 Å². The number of hydrogen-bond donors (Lipinski definition) is 1. The lowest BCUT2D eigenvalue weighted by Gasteiger charge is -2.27. The molecule has 3 rings (SSSR count). The Morgan fingerprint density at radius 2 is 2.21 bits per heavy atom. The molecule has 3 heterocycles. The highest BCUT2D eigenvalue weighted by Gasteiger charge is 2.24. The Kier molecular flexibility index (Phi) is 5.25. The van der Waals surface area contributed by atoms with Crippen molar-refractivity contribution in [2.45, 2.75) is 38.3 Å². The third kappa shape index (κ3) is 3.48. The highest BCUT2D eigenvalue weighted by atomic mass is 16.2. The molecular formula is C18H25N5O. The van der Waals surface area contributed by atoms with Crippen LogP contribution in [0.2, 0.25) is 0 Å². The summed E-state index contributed by atoms with van der Waals surface area (Å²) in [5, 5.41) is 7.92. The van der Waals surface area contributed by atoms with Crippen molar-refractivity contribution in [1.82, 2.24) is 25.0 Å². The number of carbonyl (C=O) groups excluding carboxylic acids is 1. The third-order valence-electron chi connectivity index (χ3n) is 4.74. The number of amides is 1. The molecule has 0 bridgehead atoms. The van der Waals surface area contributed by atoms with Crippen LogP contribution in [0.15, 0.2) is 36.8 Å². The Bertz CT molecular complexity index is 663. The van der Waals surface area contributed by atoms with E-state index < -0.39 is 0 Å². The summed E-state index contributed by atoms with van der Waals surface area (Å²) in [6.07, 6.45) is 8.55. The molecule has 1 aliphatic rings. The van der Waals surface area contributed by atoms with Gasteiger partial charge in [0.05, 0.1) is 12.1 Å². The fourth-order valence-corrected chi connectivity index (χ4v) is 3.36. The van der Waals surface area contributed by atoms with Gasteiger partial charge in [-0.1, -0.05) is 6.92 Å². The van der Waals surface area contributed by atoms with E-state index in [1.54, 1.807) is 17.3 Å². The summed E-state index contributed by atoms with van der Waals surface area (Å²) in [4.78, 5) is 18.7. The van der Waals surface area contributed by atoms with Gasteiger partial charge in [-0.05, 0) is 49.6 Å². The maximum absolute atomic E-state index is 12.8. The number of nitrogens with one attached hydrogen (secondary N) is 1. The Morgan fingerprint density at radius 1 is 1.42 bits per heavy atom. The average Bonchev–Trinajstić information content (AvgIpc) is 3.13. The fourth-order valence-electron chi connectivity index (χ4n) is 3.36. The van der Waals surface area contributed by atoms with Gasteiger partial charge in [0, 0.05) is 32.2 Å². The molecule has 0 saturated carbocycles. The van der Waals surface area contributed by atoms with Crippen LogP contribution in [0.25, 0.3) is 0 Å². The normalized spacial score (nSPS) is 19.0. The Hall–Kier alpha value is -2.21. The molecule has 0 radical (unpaired) electrons. The van der Waals surface area contributed by atoms with Crippen molar-refractivity contribution in [3.63, 3.8) is 0 Å². The SMILES string of the molecule is CCC(c1ccncc1)N(C)C(=O)c1ccn(C2CCCNC2)n1. The zero-order chi connectivity index (χ0) is 16.9. The molecule has 24 heavy (non-hydrogen) atoms. The molecule has 1 N–H and O–H groups in total. The summed E-state index contributed by atoms with van der Waals surface area (Å²) >= 11 is 0. The van der Waals surface area contributed by atoms with Crippen LogP contribution in [0.3, 0.4) is 0 Å². The lowest BCUT2D eigenvalue weighted by Crippen LogP contribution is -2.33. The van der Waals surface area contributed by atoms with Gasteiger partial charge >= 0.3 is 0 Å². The number of hydrogen-bond acceptors (Lipinski definition) is 4. The molecule has 6 heteroatoms. The number of nitrogens with zero attached hydrogens (tertiary/aromatic N) is 4. The van der Waals surface area contributed by atoms with Crippen molar-refractivity contribution in [2.75, 3.05) is 20.1 Å². The van der Waals surface area contributed by atoms with Gasteiger partial charge in [0.2, 0.25) is 0 Å². The van der Waals surface area contributed by atoms with Gasteiger partial charge in [-0.25, -0.2) is 0 Å². The van der Waals surface area contributed by atoms with Crippen LogP contribution in [0.4, 0.5) is 0 Å². The first kappa shape index (κ1) is 16.6. The lowest BCUT2D eigenvalue weighted by molar-refractivity contribution is 0.0718. The lowest BCUT2D eigenvalue weighted by atomic mass is 10.0. The van der Waals surface area contributed by atoms with E-state index in [1.165, 1.54) is 0 Å². The smallest absolute Gasteiger partial charge is 0.274 e. The first-order valence-corrected chi connectivity index (χ1v) is 8.63. The molecule has 0 aliphatic carbocycles. The van der Waals surface area contributed by atoms with E-state index in [0.29, 0.717) is 11.7 Å². The number of pyridine rings is 1. The molecule has 1 fully saturated rings. The average molecular weight is 327 g/mol. The van der Waals surface area contributed by atoms with E-state index in [2.05, 4.69) is 22.3 Å². The monoisotopic (exact) mass is 327 g/mol. The molecule has 1 aliphatic heterocycles. The third-order valence-corrected chi connectivity index (χ3v) is 4.74. The molecule has 128 valence electrons. The van der Waals surface area contributed by atoms with Crippen LogP contribution < -0.4 is 5.32 Å². The number of aromatic nitrogens is 3. The summed E-state index contributed by atoms with van der Waals surface area (Å²) in [7, 11) is 1.85. The number of piperidine rings is 1. The zero-order valence-electron chi connectivity index (χ0n) is 14.4. The first-order chi connectivity index (χ1) is 11.7. The second-order valence-electron chi connectivity index (χ2n) is 6.30. The highest BCUT2D eigenvalue weighted by Crippen LogP contribution is 2.24. The van der Waals surface area contributed by atoms with Gasteiger partial charge in [-0.15, -0.1) is 0 Å². The van der Waals surface area contributed by atoms with E-state index >= 15 is 0 Å². The summed E-state index contributed by atoms with van der Waals surface area (Å²) in [6.45, 7) is 4.07. The highest BCUT2D eigenvalue weighted by molar-refractivity contribution is 5.92. The van der Waals surface area contributed by atoms with Gasteiger partial charge < -0.3 is 10.2 Å². The summed E-state index contributed by atoms with van der Waals surface area (Å²) in [6, 6.07) is 6.12. The van der Waals surface area contributed by atoms with Crippen molar-refractivity contribution in [1.29, 1.82) is 0 Å². The van der Waals surface area contributed by atoms with Crippen molar-refractivity contribution in [3.8, 4) is 0 Å². The largest absolute Gasteiger partial charge is 0.333 e. The standard InChI is InChI=1S/C18H25N5O/c1-3-17(14-6-10-19-11-7-14)22(2)18(24)16-8-12-23(21-16)15-5-4-9-20-13-15/h6-8,10-12,15,17,20H,3-5,9,13H2,1-2H3. The van der Waals surface area contributed by atoms with Crippen LogP contribution in [0.1, 0.15) is 54.3 Å². The van der Waals surface area contributed by atoms with E-state index in [9.17, 15) is 4.79 Å². The summed E-state index contributed by atoms with van der Waals surface area (Å²) in [5.41, 5.74) is 1.61. The quantitative estimate of drug-likeness (QED) is 0.916. The topological polar surface area (TPSA) is 63.1 Å². The second kappa shape index (κ2) is 7.57. The zero-order valence-corrected chi connectivity index (χ0v) is 14.4. The van der Waals surface area contributed by atoms with Crippen molar-refractivity contribution in [3.05, 3.63) is 48.0 Å². The Balaban J connectivity index is 1.74. The van der Waals surface area contributed by atoms with Crippen molar-refractivity contribution < 1.29 is 4.79 Å². The van der Waals surface area contributed by atoms with Crippen LogP contribution in [0, 0.1) is 0 Å². The van der Waals surface area contributed by atoms with Crippen LogP contribution >= 0.6 is 0 Å². The molecular weight excluding hydrogens is 302 g/mol. The molecule has 2 aromatic rings. The molecule has 2 atom stereocenters. The summed E-state index contributed by atoms with van der Waals surface area (Å²) < 4.78 is 1.93. The van der Waals surface area contributed by atoms with Crippen LogP contribution in [0.5, 0.6) is 0 Å². The molecule has 1 amide bonds. The van der Waals surface area contributed by atoms with Gasteiger partial charge in [-0.2, -0.15) is 5.10 Å². The molecule has 6 nitrogen and oxygen atoms in total. The van der Waals surface area contributed by atoms with E-state index in [4.69, 9.17) is 0 Å². The molecule has 0 aromatic carbocycles. The van der Waals surface area contributed by atoms with Gasteiger partial charge in [0.1, 0.15) is 5.69 Å². The summed E-state index contributed by atoms with van der Waals surface area (Å²) in [5.74, 6) is -0.0406. The van der Waals surface area contributed by atoms with Crippen molar-refractivity contribution in [2.24, 2.45) is 0 Å². The maximum Gasteiger partial charge on any atom is 0.274 e. The van der Waals surface area contributed by atoms with E-state index in [1.807, 2.05) is 36.1 Å². The Labute approximate surface area is 142 Å². The minimum Gasteiger partial charge on any atom is -0.333 e. The molecule has 1 saturated heterocycles. The predicted molar refractivity (Wildman–Crippen MR) is 92.7 cm³/mol. The Morgan fingerprint density at radius 3 is 2.88 bits per heavy atom. The van der Waals surface area contributed by atoms with Gasteiger partial charge in [0.25, 0.3) is 5.91 Å². The first-order valence-electron chi connectivity index (χ1n) is 8.63. The van der Waals surface area contributed by atoms with Crippen LogP contribution in [-0.2, 0) is 0 Å². The van der Waals surface area contributed by atoms with Gasteiger partial charge in [-0.3, -0.25) is 14.5 Å². The number of rotatable bonds is 5. The fraction of sp³-hybridized carbons (Fsp3) is 0.500. The maximum atomic E-state index is 12.8. The van der Waals surface area contributed by atoms with E-state index in [-0.39, 0.29) is 11.9 Å². The number of carbonyl (C=O) groups is 1. The van der Waals surface area contributed by atoms with E-state index in [0.717, 1.165) is 37.9 Å². The van der Waals surface area contributed by atoms with Crippen molar-refractivity contribution >= 4 is 5.91 Å². The predicted octanol–water partition coefficient (Wildman–Crippen LogP) is 2.43.